The van der Waals surface area contributed by atoms with E-state index in [0.717, 1.165) is 12.0 Å². The van der Waals surface area contributed by atoms with Crippen LogP contribution >= 0.6 is 0 Å². The summed E-state index contributed by atoms with van der Waals surface area (Å²) in [6.07, 6.45) is 15.2. The zero-order valence-corrected chi connectivity index (χ0v) is 13.1. The molecule has 0 spiro atoms. The molecular formula is C17H34N2. The number of nitrogens with two attached hydrogens (primary N) is 1. The largest absolute Gasteiger partial charge is 0.326 e. The summed E-state index contributed by atoms with van der Waals surface area (Å²) in [6.45, 7) is 2.32. The van der Waals surface area contributed by atoms with Crippen molar-refractivity contribution < 1.29 is 0 Å². The van der Waals surface area contributed by atoms with Crippen molar-refractivity contribution in [1.82, 2.24) is 4.90 Å². The van der Waals surface area contributed by atoms with Crippen LogP contribution in [0.3, 0.4) is 0 Å². The van der Waals surface area contributed by atoms with Gasteiger partial charge in [0.2, 0.25) is 0 Å². The van der Waals surface area contributed by atoms with E-state index in [1.165, 1.54) is 70.6 Å². The maximum Gasteiger partial charge on any atom is 0.0249 e. The van der Waals surface area contributed by atoms with Crippen molar-refractivity contribution in [3.05, 3.63) is 0 Å². The highest BCUT2D eigenvalue weighted by Crippen LogP contribution is 2.32. The fourth-order valence-corrected chi connectivity index (χ4v) is 4.33. The van der Waals surface area contributed by atoms with Crippen molar-refractivity contribution in [3.63, 3.8) is 0 Å². The van der Waals surface area contributed by atoms with Crippen molar-refractivity contribution in [3.8, 4) is 0 Å². The van der Waals surface area contributed by atoms with Crippen LogP contribution in [0.1, 0.15) is 77.6 Å². The average Bonchev–Trinajstić information content (AvgIpc) is 2.69. The van der Waals surface area contributed by atoms with Crippen molar-refractivity contribution in [2.75, 3.05) is 7.05 Å². The van der Waals surface area contributed by atoms with Gasteiger partial charge in [0.25, 0.3) is 0 Å². The van der Waals surface area contributed by atoms with E-state index in [1.54, 1.807) is 0 Å². The lowest BCUT2D eigenvalue weighted by Crippen LogP contribution is -2.53. The van der Waals surface area contributed by atoms with Crippen LogP contribution in [0.2, 0.25) is 0 Å². The first-order valence-corrected chi connectivity index (χ1v) is 8.70. The third-order valence-corrected chi connectivity index (χ3v) is 5.60. The Morgan fingerprint density at radius 2 is 1.68 bits per heavy atom. The smallest absolute Gasteiger partial charge is 0.0249 e. The van der Waals surface area contributed by atoms with E-state index < -0.39 is 0 Å². The Morgan fingerprint density at radius 1 is 1.00 bits per heavy atom. The van der Waals surface area contributed by atoms with Crippen molar-refractivity contribution in [2.24, 2.45) is 11.7 Å². The Morgan fingerprint density at radius 3 is 2.32 bits per heavy atom. The van der Waals surface area contributed by atoms with E-state index >= 15 is 0 Å². The molecule has 0 bridgehead atoms. The molecule has 2 saturated carbocycles. The highest BCUT2D eigenvalue weighted by Gasteiger charge is 2.33. The van der Waals surface area contributed by atoms with Crippen LogP contribution in [0.4, 0.5) is 0 Å². The molecule has 0 aromatic carbocycles. The summed E-state index contributed by atoms with van der Waals surface area (Å²) in [6, 6.07) is 1.87. The standard InChI is InChI=1S/C17H34N2/c1-3-8-14-11-12-16(18)17(13-14)19(2)15-9-6-4-5-7-10-15/h14-17H,3-13,18H2,1-2H3. The van der Waals surface area contributed by atoms with Crippen LogP contribution in [0.15, 0.2) is 0 Å². The summed E-state index contributed by atoms with van der Waals surface area (Å²) in [5.41, 5.74) is 6.44. The molecule has 2 nitrogen and oxygen atoms in total. The molecule has 0 radical (unpaired) electrons. The lowest BCUT2D eigenvalue weighted by atomic mass is 9.79. The van der Waals surface area contributed by atoms with Gasteiger partial charge in [-0.05, 0) is 45.1 Å². The summed E-state index contributed by atoms with van der Waals surface area (Å²) in [7, 11) is 2.36. The molecule has 0 amide bonds. The van der Waals surface area contributed by atoms with Gasteiger partial charge in [-0.2, -0.15) is 0 Å². The normalized spacial score (nSPS) is 34.4. The van der Waals surface area contributed by atoms with Gasteiger partial charge in [0, 0.05) is 18.1 Å². The predicted octanol–water partition coefficient (Wildman–Crippen LogP) is 3.94. The summed E-state index contributed by atoms with van der Waals surface area (Å²) in [5.74, 6) is 0.933. The number of hydrogen-bond donors (Lipinski definition) is 1. The van der Waals surface area contributed by atoms with E-state index in [-0.39, 0.29) is 0 Å². The van der Waals surface area contributed by atoms with E-state index in [2.05, 4.69) is 18.9 Å². The average molecular weight is 266 g/mol. The van der Waals surface area contributed by atoms with Gasteiger partial charge in [-0.3, -0.25) is 4.90 Å². The molecule has 3 unspecified atom stereocenters. The number of hydrogen-bond acceptors (Lipinski definition) is 2. The first-order valence-electron chi connectivity index (χ1n) is 8.70. The Hall–Kier alpha value is -0.0800. The zero-order valence-electron chi connectivity index (χ0n) is 13.1. The minimum absolute atomic E-state index is 0.418. The van der Waals surface area contributed by atoms with E-state index in [9.17, 15) is 0 Å². The Labute approximate surface area is 120 Å². The second-order valence-corrected chi connectivity index (χ2v) is 7.01. The van der Waals surface area contributed by atoms with Crippen LogP contribution in [-0.4, -0.2) is 30.1 Å². The molecule has 0 aromatic rings. The molecule has 2 N–H and O–H groups in total. The molecule has 2 heteroatoms. The van der Waals surface area contributed by atoms with E-state index in [0.29, 0.717) is 12.1 Å². The molecule has 112 valence electrons. The molecule has 3 atom stereocenters. The van der Waals surface area contributed by atoms with Crippen molar-refractivity contribution >= 4 is 0 Å². The molecule has 0 heterocycles. The monoisotopic (exact) mass is 266 g/mol. The number of rotatable bonds is 4. The van der Waals surface area contributed by atoms with Crippen LogP contribution < -0.4 is 5.73 Å². The summed E-state index contributed by atoms with van der Waals surface area (Å²) in [5, 5.41) is 0. The first-order chi connectivity index (χ1) is 9.22. The molecule has 2 fully saturated rings. The van der Waals surface area contributed by atoms with Crippen molar-refractivity contribution in [2.45, 2.75) is 95.7 Å². The van der Waals surface area contributed by atoms with Gasteiger partial charge in [0.1, 0.15) is 0 Å². The topological polar surface area (TPSA) is 29.3 Å². The Kier molecular flexibility index (Phi) is 6.15. The molecule has 2 aliphatic carbocycles. The molecule has 19 heavy (non-hydrogen) atoms. The number of nitrogens with zero attached hydrogens (tertiary/aromatic N) is 1. The molecule has 2 rings (SSSR count). The van der Waals surface area contributed by atoms with E-state index in [1.807, 2.05) is 0 Å². The van der Waals surface area contributed by atoms with Crippen LogP contribution in [0, 0.1) is 5.92 Å². The third kappa shape index (κ3) is 4.19. The maximum atomic E-state index is 6.44. The highest BCUT2D eigenvalue weighted by molar-refractivity contribution is 4.91. The first kappa shape index (κ1) is 15.3. The third-order valence-electron chi connectivity index (χ3n) is 5.60. The highest BCUT2D eigenvalue weighted by atomic mass is 15.2. The fraction of sp³-hybridized carbons (Fsp3) is 1.00. The van der Waals surface area contributed by atoms with Gasteiger partial charge in [0.05, 0.1) is 0 Å². The van der Waals surface area contributed by atoms with Crippen molar-refractivity contribution in [1.29, 1.82) is 0 Å². The second kappa shape index (κ2) is 7.64. The SMILES string of the molecule is CCCC1CCC(N)C(N(C)C2CCCCCC2)C1. The van der Waals surface area contributed by atoms with Crippen LogP contribution in [0.25, 0.3) is 0 Å². The predicted molar refractivity (Wildman–Crippen MR) is 83.3 cm³/mol. The number of likely N-dealkylation sites (N-methyl/N-ethyl adjacent to an activating group) is 1. The lowest BCUT2D eigenvalue weighted by molar-refractivity contribution is 0.0870. The summed E-state index contributed by atoms with van der Waals surface area (Å²) >= 11 is 0. The quantitative estimate of drug-likeness (QED) is 0.781. The molecular weight excluding hydrogens is 232 g/mol. The van der Waals surface area contributed by atoms with Gasteiger partial charge in [0.15, 0.2) is 0 Å². The Balaban J connectivity index is 1.92. The summed E-state index contributed by atoms with van der Waals surface area (Å²) < 4.78 is 0. The molecule has 0 aliphatic heterocycles. The fourth-order valence-electron chi connectivity index (χ4n) is 4.33. The minimum atomic E-state index is 0.418. The molecule has 0 aromatic heterocycles. The molecule has 2 aliphatic rings. The van der Waals surface area contributed by atoms with Gasteiger partial charge in [-0.25, -0.2) is 0 Å². The minimum Gasteiger partial charge on any atom is -0.326 e. The lowest BCUT2D eigenvalue weighted by Gasteiger charge is -2.43. The zero-order chi connectivity index (χ0) is 13.7. The van der Waals surface area contributed by atoms with Gasteiger partial charge >= 0.3 is 0 Å². The van der Waals surface area contributed by atoms with Crippen LogP contribution in [-0.2, 0) is 0 Å². The molecule has 0 saturated heterocycles. The van der Waals surface area contributed by atoms with Gasteiger partial charge in [-0.15, -0.1) is 0 Å². The van der Waals surface area contributed by atoms with Crippen LogP contribution in [0.5, 0.6) is 0 Å². The van der Waals surface area contributed by atoms with E-state index in [4.69, 9.17) is 5.73 Å². The van der Waals surface area contributed by atoms with Gasteiger partial charge in [-0.1, -0.05) is 45.4 Å². The Bertz CT molecular complexity index is 246. The van der Waals surface area contributed by atoms with Gasteiger partial charge < -0.3 is 5.73 Å². The summed E-state index contributed by atoms with van der Waals surface area (Å²) in [4.78, 5) is 2.68. The second-order valence-electron chi connectivity index (χ2n) is 7.01. The maximum absolute atomic E-state index is 6.44.